The molecule has 226 valence electrons. The standard InChI is InChI=1S/C33H18F10O/c1-2-3-4-19-12-27(37)31(28(38)13-19)33(42,43)44-22-16-25(35)23(26(36)17-22)10-7-18-5-8-21(24(34)11-18)9-6-20-14-29(39)32(41)30(40)15-20/h5,8,11-17H,2-4H2,1H3. The fourth-order valence-electron chi connectivity index (χ4n) is 3.95. The van der Waals surface area contributed by atoms with Gasteiger partial charge in [-0.25, -0.2) is 35.1 Å². The molecule has 0 heterocycles. The van der Waals surface area contributed by atoms with Crippen LogP contribution in [0.3, 0.4) is 0 Å². The highest BCUT2D eigenvalue weighted by molar-refractivity contribution is 5.50. The molecule has 0 bridgehead atoms. The number of halogens is 10. The Labute approximate surface area is 245 Å². The minimum atomic E-state index is -4.63. The largest absolute Gasteiger partial charge is 0.432 e. The van der Waals surface area contributed by atoms with Crippen LogP contribution >= 0.6 is 0 Å². The molecule has 0 aliphatic heterocycles. The Kier molecular flexibility index (Phi) is 9.59. The molecular formula is C33H18F10O. The zero-order valence-corrected chi connectivity index (χ0v) is 22.5. The Balaban J connectivity index is 1.54. The summed E-state index contributed by atoms with van der Waals surface area (Å²) >= 11 is 0. The quantitative estimate of drug-likeness (QED) is 0.119. The molecule has 0 aliphatic carbocycles. The lowest BCUT2D eigenvalue weighted by Gasteiger charge is -2.20. The number of hydrogen-bond acceptors (Lipinski definition) is 1. The molecule has 0 aliphatic rings. The second-order valence-electron chi connectivity index (χ2n) is 9.37. The molecule has 1 nitrogen and oxygen atoms in total. The van der Waals surface area contributed by atoms with Crippen LogP contribution in [0.5, 0.6) is 5.75 Å². The molecule has 0 amide bonds. The van der Waals surface area contributed by atoms with E-state index in [1.807, 2.05) is 6.92 Å². The molecule has 0 radical (unpaired) electrons. The van der Waals surface area contributed by atoms with Crippen molar-refractivity contribution in [1.82, 2.24) is 0 Å². The fourth-order valence-corrected chi connectivity index (χ4v) is 3.95. The van der Waals surface area contributed by atoms with E-state index in [0.717, 1.165) is 24.3 Å². The number of ether oxygens (including phenoxy) is 1. The summed E-state index contributed by atoms with van der Waals surface area (Å²) in [7, 11) is 0. The second-order valence-corrected chi connectivity index (χ2v) is 9.37. The van der Waals surface area contributed by atoms with Crippen molar-refractivity contribution in [3.05, 3.63) is 135 Å². The molecule has 0 spiro atoms. The van der Waals surface area contributed by atoms with Gasteiger partial charge in [0.05, 0.1) is 11.1 Å². The smallest absolute Gasteiger partial charge is 0.429 e. The van der Waals surface area contributed by atoms with Crippen molar-refractivity contribution in [3.8, 4) is 29.4 Å². The van der Waals surface area contributed by atoms with E-state index in [4.69, 9.17) is 0 Å². The lowest BCUT2D eigenvalue weighted by atomic mass is 10.0. The molecule has 0 unspecified atom stereocenters. The van der Waals surface area contributed by atoms with Crippen molar-refractivity contribution >= 4 is 0 Å². The molecule has 0 N–H and O–H groups in total. The molecule has 0 saturated carbocycles. The molecule has 0 saturated heterocycles. The van der Waals surface area contributed by atoms with Gasteiger partial charge in [0, 0.05) is 23.3 Å². The van der Waals surface area contributed by atoms with E-state index < -0.39 is 69.5 Å². The normalized spacial score (nSPS) is 11.0. The molecule has 0 atom stereocenters. The van der Waals surface area contributed by atoms with E-state index in [2.05, 4.69) is 28.4 Å². The summed E-state index contributed by atoms with van der Waals surface area (Å²) in [5.41, 5.74) is -3.08. The zero-order chi connectivity index (χ0) is 32.2. The van der Waals surface area contributed by atoms with E-state index in [1.54, 1.807) is 0 Å². The summed E-state index contributed by atoms with van der Waals surface area (Å²) in [4.78, 5) is 0. The highest BCUT2D eigenvalue weighted by atomic mass is 19.3. The molecule has 4 aromatic carbocycles. The number of unbranched alkanes of at least 4 members (excludes halogenated alkanes) is 1. The average Bonchev–Trinajstić information content (AvgIpc) is 2.93. The number of rotatable bonds is 6. The first-order valence-corrected chi connectivity index (χ1v) is 12.8. The molecular weight excluding hydrogens is 602 g/mol. The third kappa shape index (κ3) is 7.35. The number of hydrogen-bond donors (Lipinski definition) is 0. The van der Waals surface area contributed by atoms with Gasteiger partial charge in [-0.05, 0) is 60.9 Å². The summed E-state index contributed by atoms with van der Waals surface area (Å²) in [5, 5.41) is 0. The molecule has 0 aromatic heterocycles. The van der Waals surface area contributed by atoms with Crippen molar-refractivity contribution < 1.29 is 48.6 Å². The lowest BCUT2D eigenvalue weighted by Crippen LogP contribution is -2.25. The van der Waals surface area contributed by atoms with E-state index in [9.17, 15) is 43.9 Å². The number of alkyl halides is 2. The van der Waals surface area contributed by atoms with Crippen LogP contribution in [0.2, 0.25) is 0 Å². The van der Waals surface area contributed by atoms with Gasteiger partial charge in [-0.3, -0.25) is 0 Å². The second kappa shape index (κ2) is 13.2. The van der Waals surface area contributed by atoms with Crippen molar-refractivity contribution in [2.45, 2.75) is 32.3 Å². The SMILES string of the molecule is CCCCc1cc(F)c(C(F)(F)Oc2cc(F)c(C#Cc3ccc(C#Cc4cc(F)c(F)c(F)c4)c(F)c3)c(F)c2)c(F)c1. The third-order valence-electron chi connectivity index (χ3n) is 6.10. The minimum absolute atomic E-state index is 0.0917. The monoisotopic (exact) mass is 620 g/mol. The van der Waals surface area contributed by atoms with Crippen LogP contribution in [0, 0.1) is 70.2 Å². The van der Waals surface area contributed by atoms with Crippen LogP contribution < -0.4 is 4.74 Å². The molecule has 0 fully saturated rings. The highest BCUT2D eigenvalue weighted by Crippen LogP contribution is 2.36. The van der Waals surface area contributed by atoms with Crippen LogP contribution in [0.4, 0.5) is 43.9 Å². The lowest BCUT2D eigenvalue weighted by molar-refractivity contribution is -0.189. The molecule has 44 heavy (non-hydrogen) atoms. The summed E-state index contributed by atoms with van der Waals surface area (Å²) in [6, 6.07) is 6.55. The Bertz CT molecular complexity index is 1790. The topological polar surface area (TPSA) is 9.23 Å². The summed E-state index contributed by atoms with van der Waals surface area (Å²) in [6.45, 7) is 1.84. The van der Waals surface area contributed by atoms with Crippen LogP contribution in [0.25, 0.3) is 0 Å². The van der Waals surface area contributed by atoms with Crippen LogP contribution in [0.1, 0.15) is 53.1 Å². The Morgan fingerprint density at radius 2 is 1.18 bits per heavy atom. The van der Waals surface area contributed by atoms with Crippen molar-refractivity contribution in [2.75, 3.05) is 0 Å². The maximum absolute atomic E-state index is 14.7. The Morgan fingerprint density at radius 1 is 0.614 bits per heavy atom. The minimum Gasteiger partial charge on any atom is -0.429 e. The zero-order valence-electron chi connectivity index (χ0n) is 22.5. The van der Waals surface area contributed by atoms with Gasteiger partial charge in [0.2, 0.25) is 0 Å². The van der Waals surface area contributed by atoms with Gasteiger partial charge in [0.25, 0.3) is 0 Å². The fraction of sp³-hybridized carbons (Fsp3) is 0.152. The first kappa shape index (κ1) is 32.0. The van der Waals surface area contributed by atoms with Gasteiger partial charge in [0.1, 0.15) is 40.4 Å². The molecule has 4 aromatic rings. The average molecular weight is 620 g/mol. The summed E-state index contributed by atoms with van der Waals surface area (Å²) < 4.78 is 146. The van der Waals surface area contributed by atoms with E-state index >= 15 is 0 Å². The van der Waals surface area contributed by atoms with E-state index in [0.29, 0.717) is 37.1 Å². The van der Waals surface area contributed by atoms with Crippen LogP contribution in [0.15, 0.2) is 54.6 Å². The van der Waals surface area contributed by atoms with E-state index in [1.165, 1.54) is 6.07 Å². The number of aryl methyl sites for hydroxylation is 1. The highest BCUT2D eigenvalue weighted by Gasteiger charge is 2.41. The summed E-state index contributed by atoms with van der Waals surface area (Å²) in [6.07, 6.45) is -3.11. The number of benzene rings is 4. The van der Waals surface area contributed by atoms with Gasteiger partial charge >= 0.3 is 6.11 Å². The van der Waals surface area contributed by atoms with Gasteiger partial charge in [-0.1, -0.05) is 37.0 Å². The predicted molar refractivity (Wildman–Crippen MR) is 141 cm³/mol. The maximum atomic E-state index is 14.7. The summed E-state index contributed by atoms with van der Waals surface area (Å²) in [5.74, 6) is -3.83. The van der Waals surface area contributed by atoms with Gasteiger partial charge < -0.3 is 4.74 Å². The van der Waals surface area contributed by atoms with Crippen LogP contribution in [-0.4, -0.2) is 0 Å². The van der Waals surface area contributed by atoms with Gasteiger partial charge in [0.15, 0.2) is 17.5 Å². The van der Waals surface area contributed by atoms with E-state index in [-0.39, 0.29) is 28.7 Å². The van der Waals surface area contributed by atoms with Crippen molar-refractivity contribution in [2.24, 2.45) is 0 Å². The maximum Gasteiger partial charge on any atom is 0.432 e. The third-order valence-corrected chi connectivity index (χ3v) is 6.10. The van der Waals surface area contributed by atoms with Gasteiger partial charge in [-0.2, -0.15) is 8.78 Å². The van der Waals surface area contributed by atoms with Crippen molar-refractivity contribution in [3.63, 3.8) is 0 Å². The Hall–Kier alpha value is -4.90. The predicted octanol–water partition coefficient (Wildman–Crippen LogP) is 9.07. The van der Waals surface area contributed by atoms with Crippen LogP contribution in [-0.2, 0) is 12.5 Å². The van der Waals surface area contributed by atoms with Gasteiger partial charge in [-0.15, -0.1) is 0 Å². The molecule has 4 rings (SSSR count). The Morgan fingerprint density at radius 3 is 1.75 bits per heavy atom. The first-order valence-electron chi connectivity index (χ1n) is 12.8. The molecule has 11 heteroatoms. The first-order chi connectivity index (χ1) is 20.8. The van der Waals surface area contributed by atoms with Crippen molar-refractivity contribution in [1.29, 1.82) is 0 Å².